The fraction of sp³-hybridized carbons (Fsp3) is 0.368. The number of fused-ring (bicyclic) bond motifs is 2. The molecule has 1 aliphatic heterocycles. The van der Waals surface area contributed by atoms with Crippen LogP contribution in [0, 0.1) is 6.92 Å². The van der Waals surface area contributed by atoms with Gasteiger partial charge in [-0.1, -0.05) is 6.07 Å². The number of aromatic nitrogens is 3. The van der Waals surface area contributed by atoms with E-state index in [1.807, 2.05) is 40.6 Å². The Hall–Kier alpha value is -2.74. The highest BCUT2D eigenvalue weighted by Gasteiger charge is 2.26. The van der Waals surface area contributed by atoms with Crippen molar-refractivity contribution in [3.63, 3.8) is 0 Å². The summed E-state index contributed by atoms with van der Waals surface area (Å²) in [5.74, 6) is -0.114. The smallest absolute Gasteiger partial charge is 0.282 e. The summed E-state index contributed by atoms with van der Waals surface area (Å²) in [6.45, 7) is 3.11. The summed E-state index contributed by atoms with van der Waals surface area (Å²) in [5, 5.41) is 0.529. The van der Waals surface area contributed by atoms with Crippen molar-refractivity contribution in [3.05, 3.63) is 51.4 Å². The third-order valence-electron chi connectivity index (χ3n) is 4.85. The standard InChI is InChI=1S/C19H21N5O2S/c1-12-16(21-15-6-4-5-9-24(12)15)18(25)23-10-7-13-14(8-11-23)27-17(20-13)19(26)22(2)3/h4-6,9H,7-8,10-11H2,1-3H3. The molecule has 0 aromatic carbocycles. The lowest BCUT2D eigenvalue weighted by molar-refractivity contribution is 0.0755. The number of hydrogen-bond acceptors (Lipinski definition) is 5. The molecule has 0 radical (unpaired) electrons. The van der Waals surface area contributed by atoms with Gasteiger partial charge in [0, 0.05) is 51.1 Å². The van der Waals surface area contributed by atoms with E-state index in [-0.39, 0.29) is 11.8 Å². The van der Waals surface area contributed by atoms with Gasteiger partial charge in [0.15, 0.2) is 5.01 Å². The van der Waals surface area contributed by atoms with Crippen molar-refractivity contribution in [2.45, 2.75) is 19.8 Å². The third-order valence-corrected chi connectivity index (χ3v) is 6.00. The number of carbonyl (C=O) groups excluding carboxylic acids is 2. The molecule has 0 aliphatic carbocycles. The van der Waals surface area contributed by atoms with Gasteiger partial charge >= 0.3 is 0 Å². The zero-order valence-electron chi connectivity index (χ0n) is 15.6. The lowest BCUT2D eigenvalue weighted by Gasteiger charge is -2.19. The molecule has 4 heterocycles. The molecule has 1 aliphatic rings. The predicted octanol–water partition coefficient (Wildman–Crippen LogP) is 2.04. The van der Waals surface area contributed by atoms with Crippen LogP contribution >= 0.6 is 11.3 Å². The van der Waals surface area contributed by atoms with E-state index in [0.29, 0.717) is 36.6 Å². The lowest BCUT2D eigenvalue weighted by atomic mass is 10.2. The zero-order chi connectivity index (χ0) is 19.1. The van der Waals surface area contributed by atoms with Gasteiger partial charge < -0.3 is 14.2 Å². The molecule has 0 saturated heterocycles. The van der Waals surface area contributed by atoms with Gasteiger partial charge in [-0.05, 0) is 19.1 Å². The van der Waals surface area contributed by atoms with Crippen LogP contribution in [0.2, 0.25) is 0 Å². The molecule has 0 spiro atoms. The predicted molar refractivity (Wildman–Crippen MR) is 103 cm³/mol. The number of aryl methyl sites for hydroxylation is 1. The summed E-state index contributed by atoms with van der Waals surface area (Å²) in [6.07, 6.45) is 3.29. The number of pyridine rings is 1. The van der Waals surface area contributed by atoms with E-state index in [0.717, 1.165) is 21.9 Å². The Labute approximate surface area is 161 Å². The molecule has 7 nitrogen and oxygen atoms in total. The molecule has 27 heavy (non-hydrogen) atoms. The Morgan fingerprint density at radius 1 is 1.15 bits per heavy atom. The largest absolute Gasteiger partial charge is 0.343 e. The van der Waals surface area contributed by atoms with E-state index in [4.69, 9.17) is 0 Å². The van der Waals surface area contributed by atoms with Crippen molar-refractivity contribution in [1.29, 1.82) is 0 Å². The van der Waals surface area contributed by atoms with Gasteiger partial charge in [0.05, 0.1) is 11.4 Å². The Bertz CT molecular complexity index is 1010. The molecule has 4 rings (SSSR count). The number of nitrogens with zero attached hydrogens (tertiary/aromatic N) is 5. The number of amides is 2. The zero-order valence-corrected chi connectivity index (χ0v) is 16.4. The molecule has 0 fully saturated rings. The van der Waals surface area contributed by atoms with Gasteiger partial charge in [0.2, 0.25) is 0 Å². The number of rotatable bonds is 2. The first-order valence-corrected chi connectivity index (χ1v) is 9.70. The quantitative estimate of drug-likeness (QED) is 0.679. The first-order valence-electron chi connectivity index (χ1n) is 8.89. The van der Waals surface area contributed by atoms with E-state index in [1.165, 1.54) is 11.3 Å². The van der Waals surface area contributed by atoms with E-state index in [2.05, 4.69) is 9.97 Å². The number of thiazole rings is 1. The van der Waals surface area contributed by atoms with Crippen LogP contribution < -0.4 is 0 Å². The molecule has 3 aromatic rings. The topological polar surface area (TPSA) is 70.8 Å². The normalized spacial score (nSPS) is 14.1. The average molecular weight is 383 g/mol. The van der Waals surface area contributed by atoms with E-state index in [9.17, 15) is 9.59 Å². The van der Waals surface area contributed by atoms with Gasteiger partial charge in [-0.25, -0.2) is 9.97 Å². The highest BCUT2D eigenvalue weighted by molar-refractivity contribution is 7.13. The van der Waals surface area contributed by atoms with Gasteiger partial charge in [-0.3, -0.25) is 9.59 Å². The second-order valence-corrected chi connectivity index (χ2v) is 7.94. The fourth-order valence-electron chi connectivity index (χ4n) is 3.32. The molecule has 8 heteroatoms. The van der Waals surface area contributed by atoms with Gasteiger partial charge in [0.1, 0.15) is 11.3 Å². The van der Waals surface area contributed by atoms with Crippen molar-refractivity contribution < 1.29 is 9.59 Å². The first-order chi connectivity index (χ1) is 13.0. The van der Waals surface area contributed by atoms with E-state index >= 15 is 0 Å². The number of carbonyl (C=O) groups is 2. The Balaban J connectivity index is 1.54. The van der Waals surface area contributed by atoms with Crippen LogP contribution in [0.4, 0.5) is 0 Å². The Morgan fingerprint density at radius 2 is 1.93 bits per heavy atom. The van der Waals surface area contributed by atoms with Crippen molar-refractivity contribution >= 4 is 28.8 Å². The summed E-state index contributed by atoms with van der Waals surface area (Å²) < 4.78 is 1.93. The number of imidazole rings is 1. The highest BCUT2D eigenvalue weighted by atomic mass is 32.1. The van der Waals surface area contributed by atoms with Crippen LogP contribution in [0.3, 0.4) is 0 Å². The second-order valence-electron chi connectivity index (χ2n) is 6.86. The van der Waals surface area contributed by atoms with Gasteiger partial charge in [-0.2, -0.15) is 0 Å². The Kier molecular flexibility index (Phi) is 4.43. The average Bonchev–Trinajstić information content (AvgIpc) is 3.16. The summed E-state index contributed by atoms with van der Waals surface area (Å²) >= 11 is 1.44. The molecular weight excluding hydrogens is 362 g/mol. The lowest BCUT2D eigenvalue weighted by Crippen LogP contribution is -2.34. The van der Waals surface area contributed by atoms with Crippen LogP contribution in [0.15, 0.2) is 24.4 Å². The summed E-state index contributed by atoms with van der Waals surface area (Å²) in [7, 11) is 3.46. The molecule has 140 valence electrons. The highest BCUT2D eigenvalue weighted by Crippen LogP contribution is 2.24. The minimum absolute atomic E-state index is 0.0454. The van der Waals surface area contributed by atoms with Crippen LogP contribution in [0.1, 0.15) is 36.6 Å². The molecule has 3 aromatic heterocycles. The molecule has 0 unspecified atom stereocenters. The van der Waals surface area contributed by atoms with Crippen LogP contribution in [-0.4, -0.2) is 63.2 Å². The van der Waals surface area contributed by atoms with Gasteiger partial charge in [0.25, 0.3) is 11.8 Å². The minimum atomic E-state index is -0.0682. The maximum Gasteiger partial charge on any atom is 0.282 e. The number of hydrogen-bond donors (Lipinski definition) is 0. The van der Waals surface area contributed by atoms with Crippen LogP contribution in [0.5, 0.6) is 0 Å². The van der Waals surface area contributed by atoms with Crippen LogP contribution in [0.25, 0.3) is 5.65 Å². The first kappa shape index (κ1) is 17.7. The van der Waals surface area contributed by atoms with E-state index in [1.54, 1.807) is 19.0 Å². The summed E-state index contributed by atoms with van der Waals surface area (Å²) in [6, 6.07) is 5.74. The SMILES string of the molecule is Cc1c(C(=O)N2CCc3nc(C(=O)N(C)C)sc3CC2)nc2ccccn12. The molecule has 2 amide bonds. The van der Waals surface area contributed by atoms with Gasteiger partial charge in [-0.15, -0.1) is 11.3 Å². The Morgan fingerprint density at radius 3 is 2.67 bits per heavy atom. The van der Waals surface area contributed by atoms with E-state index < -0.39 is 0 Å². The second kappa shape index (κ2) is 6.77. The van der Waals surface area contributed by atoms with Crippen molar-refractivity contribution in [1.82, 2.24) is 24.2 Å². The van der Waals surface area contributed by atoms with Crippen LogP contribution in [-0.2, 0) is 12.8 Å². The monoisotopic (exact) mass is 383 g/mol. The molecule has 0 atom stereocenters. The molecule has 0 saturated carbocycles. The van der Waals surface area contributed by atoms with Crippen molar-refractivity contribution in [2.75, 3.05) is 27.2 Å². The minimum Gasteiger partial charge on any atom is -0.343 e. The molecular formula is C19H21N5O2S. The maximum absolute atomic E-state index is 13.1. The van der Waals surface area contributed by atoms with Crippen molar-refractivity contribution in [2.24, 2.45) is 0 Å². The maximum atomic E-state index is 13.1. The fourth-order valence-corrected chi connectivity index (χ4v) is 4.44. The molecule has 0 bridgehead atoms. The third kappa shape index (κ3) is 3.10. The van der Waals surface area contributed by atoms with Crippen molar-refractivity contribution in [3.8, 4) is 0 Å². The summed E-state index contributed by atoms with van der Waals surface area (Å²) in [5.41, 5.74) is 3.07. The summed E-state index contributed by atoms with van der Waals surface area (Å²) in [4.78, 5) is 38.7. The molecule has 0 N–H and O–H groups in total.